The van der Waals surface area contributed by atoms with Gasteiger partial charge in [0, 0.05) is 44.3 Å². The fraction of sp³-hybridized carbons (Fsp3) is 0.450. The molecule has 2 amide bonds. The third-order valence-corrected chi connectivity index (χ3v) is 6.15. The fourth-order valence-electron chi connectivity index (χ4n) is 3.88. The first-order chi connectivity index (χ1) is 13.2. The van der Waals surface area contributed by atoms with E-state index in [4.69, 9.17) is 0 Å². The highest BCUT2D eigenvalue weighted by molar-refractivity contribution is 7.13. The maximum atomic E-state index is 13.0. The number of anilines is 1. The number of amides is 2. The normalized spacial score (nSPS) is 20.1. The Labute approximate surface area is 163 Å². The van der Waals surface area contributed by atoms with E-state index in [-0.39, 0.29) is 17.9 Å². The van der Waals surface area contributed by atoms with Gasteiger partial charge in [0.2, 0.25) is 11.8 Å². The quantitative estimate of drug-likeness (QED) is 0.809. The average molecular weight is 385 g/mol. The summed E-state index contributed by atoms with van der Waals surface area (Å²) in [6.45, 7) is 3.34. The first-order valence-electron chi connectivity index (χ1n) is 9.49. The van der Waals surface area contributed by atoms with E-state index >= 15 is 0 Å². The minimum absolute atomic E-state index is 0.109. The highest BCUT2D eigenvalue weighted by Gasteiger charge is 2.36. The number of hydrogen-bond acceptors (Lipinski definition) is 5. The molecule has 0 aliphatic carbocycles. The maximum absolute atomic E-state index is 13.0. The van der Waals surface area contributed by atoms with Crippen LogP contribution in [0.1, 0.15) is 18.4 Å². The second kappa shape index (κ2) is 8.08. The van der Waals surface area contributed by atoms with Gasteiger partial charge in [-0.15, -0.1) is 11.3 Å². The molecule has 0 N–H and O–H groups in total. The van der Waals surface area contributed by atoms with Gasteiger partial charge in [0.15, 0.2) is 5.13 Å². The highest BCUT2D eigenvalue weighted by Crippen LogP contribution is 2.28. The molecule has 6 nitrogen and oxygen atoms in total. The number of benzene rings is 1. The van der Waals surface area contributed by atoms with Crippen LogP contribution in [0, 0.1) is 0 Å². The van der Waals surface area contributed by atoms with Gasteiger partial charge in [0.05, 0.1) is 6.42 Å². The van der Waals surface area contributed by atoms with Crippen molar-refractivity contribution in [2.24, 2.45) is 0 Å². The second-order valence-electron chi connectivity index (χ2n) is 7.03. The average Bonchev–Trinajstić information content (AvgIpc) is 3.40. The van der Waals surface area contributed by atoms with Gasteiger partial charge in [0.1, 0.15) is 6.04 Å². The van der Waals surface area contributed by atoms with Crippen LogP contribution < -0.4 is 4.90 Å². The summed E-state index contributed by atoms with van der Waals surface area (Å²) in [5.41, 5.74) is 1.03. The molecule has 0 spiro atoms. The highest BCUT2D eigenvalue weighted by atomic mass is 32.1. The van der Waals surface area contributed by atoms with Crippen LogP contribution in [0.3, 0.4) is 0 Å². The number of hydrogen-bond donors (Lipinski definition) is 0. The van der Waals surface area contributed by atoms with Crippen molar-refractivity contribution in [3.8, 4) is 0 Å². The molecule has 3 heterocycles. The van der Waals surface area contributed by atoms with Gasteiger partial charge in [-0.1, -0.05) is 30.3 Å². The molecule has 1 atom stereocenters. The molecule has 2 fully saturated rings. The molecular weight excluding hydrogens is 360 g/mol. The molecule has 1 unspecified atom stereocenters. The lowest BCUT2D eigenvalue weighted by Gasteiger charge is -2.37. The first-order valence-corrected chi connectivity index (χ1v) is 10.4. The van der Waals surface area contributed by atoms with Crippen molar-refractivity contribution in [2.75, 3.05) is 37.6 Å². The van der Waals surface area contributed by atoms with Crippen molar-refractivity contribution in [3.63, 3.8) is 0 Å². The number of nitrogens with zero attached hydrogens (tertiary/aromatic N) is 4. The van der Waals surface area contributed by atoms with E-state index in [0.29, 0.717) is 32.6 Å². The van der Waals surface area contributed by atoms with Crippen LogP contribution in [-0.2, 0) is 16.0 Å². The summed E-state index contributed by atoms with van der Waals surface area (Å²) in [5.74, 6) is 0.316. The van der Waals surface area contributed by atoms with E-state index in [9.17, 15) is 9.59 Å². The summed E-state index contributed by atoms with van der Waals surface area (Å²) >= 11 is 1.58. The zero-order chi connectivity index (χ0) is 18.6. The predicted octanol–water partition coefficient (Wildman–Crippen LogP) is 2.03. The van der Waals surface area contributed by atoms with Crippen molar-refractivity contribution in [1.82, 2.24) is 14.8 Å². The van der Waals surface area contributed by atoms with Crippen molar-refractivity contribution < 1.29 is 9.59 Å². The molecule has 0 saturated carbocycles. The van der Waals surface area contributed by atoms with Gasteiger partial charge in [0.25, 0.3) is 0 Å². The lowest BCUT2D eigenvalue weighted by Crippen LogP contribution is -2.55. The van der Waals surface area contributed by atoms with Crippen molar-refractivity contribution >= 4 is 28.3 Å². The summed E-state index contributed by atoms with van der Waals surface area (Å²) in [4.78, 5) is 35.9. The molecule has 0 bridgehead atoms. The van der Waals surface area contributed by atoms with Gasteiger partial charge in [-0.2, -0.15) is 0 Å². The van der Waals surface area contributed by atoms with Crippen molar-refractivity contribution in [2.45, 2.75) is 25.3 Å². The largest absolute Gasteiger partial charge is 0.339 e. The Morgan fingerprint density at radius 2 is 1.78 bits per heavy atom. The maximum Gasteiger partial charge on any atom is 0.245 e. The summed E-state index contributed by atoms with van der Waals surface area (Å²) in [5, 5.41) is 2.88. The minimum Gasteiger partial charge on any atom is -0.339 e. The van der Waals surface area contributed by atoms with Crippen LogP contribution in [0.4, 0.5) is 5.13 Å². The third-order valence-electron chi connectivity index (χ3n) is 5.35. The number of thiazole rings is 1. The first kappa shape index (κ1) is 18.0. The zero-order valence-electron chi connectivity index (χ0n) is 15.3. The van der Waals surface area contributed by atoms with Crippen LogP contribution in [-0.4, -0.2) is 65.4 Å². The fourth-order valence-corrected chi connectivity index (χ4v) is 4.60. The molecule has 2 aliphatic heterocycles. The van der Waals surface area contributed by atoms with E-state index in [0.717, 1.165) is 30.1 Å². The SMILES string of the molecule is O=C(Cc1ccccc1)N1CCN(C(=O)C2CCCN2c2nccs2)CC1. The molecule has 2 aromatic rings. The molecule has 142 valence electrons. The zero-order valence-corrected chi connectivity index (χ0v) is 16.1. The smallest absolute Gasteiger partial charge is 0.245 e. The number of aromatic nitrogens is 1. The molecule has 1 aromatic heterocycles. The monoisotopic (exact) mass is 384 g/mol. The Hall–Kier alpha value is -2.41. The van der Waals surface area contributed by atoms with Gasteiger partial charge < -0.3 is 14.7 Å². The van der Waals surface area contributed by atoms with Gasteiger partial charge in [-0.05, 0) is 18.4 Å². The summed E-state index contributed by atoms with van der Waals surface area (Å²) in [6.07, 6.45) is 4.11. The summed E-state index contributed by atoms with van der Waals surface area (Å²) in [7, 11) is 0. The summed E-state index contributed by atoms with van der Waals surface area (Å²) in [6, 6.07) is 9.71. The lowest BCUT2D eigenvalue weighted by molar-refractivity contribution is -0.139. The summed E-state index contributed by atoms with van der Waals surface area (Å²) < 4.78 is 0. The molecule has 4 rings (SSSR count). The number of rotatable bonds is 4. The van der Waals surface area contributed by atoms with Crippen molar-refractivity contribution in [3.05, 3.63) is 47.5 Å². The van der Waals surface area contributed by atoms with Gasteiger partial charge >= 0.3 is 0 Å². The molecule has 27 heavy (non-hydrogen) atoms. The number of carbonyl (C=O) groups is 2. The van der Waals surface area contributed by atoms with Crippen LogP contribution in [0.25, 0.3) is 0 Å². The Kier molecular flexibility index (Phi) is 5.38. The molecule has 7 heteroatoms. The topological polar surface area (TPSA) is 56.8 Å². The van der Waals surface area contributed by atoms with Crippen LogP contribution >= 0.6 is 11.3 Å². The molecule has 0 radical (unpaired) electrons. The van der Waals surface area contributed by atoms with Gasteiger partial charge in [-0.25, -0.2) is 4.98 Å². The van der Waals surface area contributed by atoms with Gasteiger partial charge in [-0.3, -0.25) is 9.59 Å². The van der Waals surface area contributed by atoms with Crippen LogP contribution in [0.15, 0.2) is 41.9 Å². The molecule has 2 saturated heterocycles. The Morgan fingerprint density at radius 1 is 1.04 bits per heavy atom. The van der Waals surface area contributed by atoms with Crippen molar-refractivity contribution in [1.29, 1.82) is 0 Å². The van der Waals surface area contributed by atoms with E-state index in [1.54, 1.807) is 17.5 Å². The van der Waals surface area contributed by atoms with Crippen LogP contribution in [0.5, 0.6) is 0 Å². The molecule has 2 aliphatic rings. The predicted molar refractivity (Wildman–Crippen MR) is 106 cm³/mol. The Morgan fingerprint density at radius 3 is 2.48 bits per heavy atom. The molecule has 1 aromatic carbocycles. The number of carbonyl (C=O) groups excluding carboxylic acids is 2. The second-order valence-corrected chi connectivity index (χ2v) is 7.91. The van der Waals surface area contributed by atoms with E-state index in [2.05, 4.69) is 9.88 Å². The third kappa shape index (κ3) is 3.98. The van der Waals surface area contributed by atoms with Crippen LogP contribution in [0.2, 0.25) is 0 Å². The van der Waals surface area contributed by atoms with E-state index in [1.165, 1.54) is 0 Å². The Balaban J connectivity index is 1.32. The van der Waals surface area contributed by atoms with E-state index in [1.807, 2.05) is 45.5 Å². The lowest BCUT2D eigenvalue weighted by atomic mass is 10.1. The molecular formula is C20H24N4O2S. The Bertz CT molecular complexity index is 773. The number of piperazine rings is 1. The standard InChI is InChI=1S/C20H24N4O2S/c25-18(15-16-5-2-1-3-6-16)22-10-12-23(13-11-22)19(26)17-7-4-9-24(17)20-21-8-14-27-20/h1-3,5-6,8,14,17H,4,7,9-13,15H2. The minimum atomic E-state index is -0.109. The van der Waals surface area contributed by atoms with E-state index < -0.39 is 0 Å².